The SMILES string of the molecule is CN(C)CCCCNC(=O)c1cccc(C#CCCO)c1. The Morgan fingerprint density at radius 3 is 2.86 bits per heavy atom. The number of hydrogen-bond acceptors (Lipinski definition) is 3. The van der Waals surface area contributed by atoms with Crippen LogP contribution in [0.4, 0.5) is 0 Å². The summed E-state index contributed by atoms with van der Waals surface area (Å²) in [7, 11) is 4.09. The van der Waals surface area contributed by atoms with Crippen molar-refractivity contribution in [2.75, 3.05) is 33.8 Å². The van der Waals surface area contributed by atoms with Gasteiger partial charge in [-0.3, -0.25) is 4.79 Å². The number of nitrogens with one attached hydrogen (secondary N) is 1. The van der Waals surface area contributed by atoms with Gasteiger partial charge in [0, 0.05) is 24.1 Å². The number of unbranched alkanes of at least 4 members (excludes halogenated alkanes) is 1. The van der Waals surface area contributed by atoms with E-state index in [0.717, 1.165) is 24.9 Å². The fraction of sp³-hybridized carbons (Fsp3) is 0.471. The zero-order valence-electron chi connectivity index (χ0n) is 12.9. The third-order valence-electron chi connectivity index (χ3n) is 2.91. The van der Waals surface area contributed by atoms with Crippen LogP contribution in [0.15, 0.2) is 24.3 Å². The lowest BCUT2D eigenvalue weighted by molar-refractivity contribution is 0.0952. The van der Waals surface area contributed by atoms with E-state index in [1.165, 1.54) is 0 Å². The number of carbonyl (C=O) groups excluding carboxylic acids is 1. The van der Waals surface area contributed by atoms with Crippen LogP contribution in [0.25, 0.3) is 0 Å². The molecule has 1 aromatic carbocycles. The smallest absolute Gasteiger partial charge is 0.251 e. The van der Waals surface area contributed by atoms with E-state index in [1.54, 1.807) is 12.1 Å². The van der Waals surface area contributed by atoms with Gasteiger partial charge < -0.3 is 15.3 Å². The van der Waals surface area contributed by atoms with Gasteiger partial charge in [0.25, 0.3) is 5.91 Å². The first-order valence-electron chi connectivity index (χ1n) is 7.26. The highest BCUT2D eigenvalue weighted by Gasteiger charge is 2.04. The van der Waals surface area contributed by atoms with Crippen LogP contribution in [-0.4, -0.2) is 49.7 Å². The van der Waals surface area contributed by atoms with Gasteiger partial charge in [0.15, 0.2) is 0 Å². The van der Waals surface area contributed by atoms with Gasteiger partial charge in [-0.1, -0.05) is 17.9 Å². The molecular formula is C17H24N2O2. The fourth-order valence-corrected chi connectivity index (χ4v) is 1.82. The molecule has 21 heavy (non-hydrogen) atoms. The van der Waals surface area contributed by atoms with Gasteiger partial charge in [0.05, 0.1) is 6.61 Å². The zero-order valence-corrected chi connectivity index (χ0v) is 12.9. The van der Waals surface area contributed by atoms with Crippen LogP contribution in [0, 0.1) is 11.8 Å². The van der Waals surface area contributed by atoms with Crippen molar-refractivity contribution in [2.45, 2.75) is 19.3 Å². The van der Waals surface area contributed by atoms with Gasteiger partial charge in [-0.05, 0) is 51.7 Å². The summed E-state index contributed by atoms with van der Waals surface area (Å²) in [6, 6.07) is 7.24. The predicted octanol–water partition coefficient (Wildman–Crippen LogP) is 1.49. The largest absolute Gasteiger partial charge is 0.395 e. The Bertz CT molecular complexity index is 501. The van der Waals surface area contributed by atoms with Crippen molar-refractivity contribution in [1.29, 1.82) is 0 Å². The van der Waals surface area contributed by atoms with Crippen molar-refractivity contribution in [3.63, 3.8) is 0 Å². The van der Waals surface area contributed by atoms with Crippen molar-refractivity contribution in [2.24, 2.45) is 0 Å². The summed E-state index contributed by atoms with van der Waals surface area (Å²) in [6.07, 6.45) is 2.49. The normalized spacial score (nSPS) is 10.1. The molecule has 1 aromatic rings. The number of benzene rings is 1. The van der Waals surface area contributed by atoms with E-state index in [4.69, 9.17) is 5.11 Å². The summed E-state index contributed by atoms with van der Waals surface area (Å²) in [5.74, 6) is 5.72. The number of hydrogen-bond donors (Lipinski definition) is 2. The average Bonchev–Trinajstić information content (AvgIpc) is 2.47. The predicted molar refractivity (Wildman–Crippen MR) is 85.1 cm³/mol. The minimum Gasteiger partial charge on any atom is -0.395 e. The molecule has 114 valence electrons. The minimum atomic E-state index is -0.0642. The summed E-state index contributed by atoms with van der Waals surface area (Å²) in [5, 5.41) is 11.6. The van der Waals surface area contributed by atoms with Crippen molar-refractivity contribution < 1.29 is 9.90 Å². The second-order valence-corrected chi connectivity index (χ2v) is 5.12. The number of amides is 1. The first-order valence-corrected chi connectivity index (χ1v) is 7.26. The molecule has 0 saturated heterocycles. The maximum absolute atomic E-state index is 12.0. The second-order valence-electron chi connectivity index (χ2n) is 5.12. The molecular weight excluding hydrogens is 264 g/mol. The Morgan fingerprint density at radius 2 is 2.14 bits per heavy atom. The van der Waals surface area contributed by atoms with Gasteiger partial charge in [-0.25, -0.2) is 0 Å². The standard InChI is InChI=1S/C17H24N2O2/c1-19(2)12-5-4-11-18-17(21)16-10-7-9-15(14-16)8-3-6-13-20/h7,9-10,14,20H,4-6,11-13H2,1-2H3,(H,18,21). The molecule has 0 aliphatic heterocycles. The topological polar surface area (TPSA) is 52.6 Å². The van der Waals surface area contributed by atoms with E-state index < -0.39 is 0 Å². The molecule has 0 radical (unpaired) electrons. The van der Waals surface area contributed by atoms with E-state index in [2.05, 4.69) is 22.1 Å². The molecule has 0 saturated carbocycles. The average molecular weight is 288 g/mol. The summed E-state index contributed by atoms with van der Waals surface area (Å²) in [6.45, 7) is 1.78. The third-order valence-corrected chi connectivity index (χ3v) is 2.91. The van der Waals surface area contributed by atoms with Gasteiger partial charge in [0.2, 0.25) is 0 Å². The molecule has 0 heterocycles. The molecule has 0 unspecified atom stereocenters. The lowest BCUT2D eigenvalue weighted by atomic mass is 10.1. The second kappa shape index (κ2) is 9.98. The number of rotatable bonds is 7. The molecule has 4 nitrogen and oxygen atoms in total. The van der Waals surface area contributed by atoms with Crippen LogP contribution in [0.3, 0.4) is 0 Å². The highest BCUT2D eigenvalue weighted by molar-refractivity contribution is 5.94. The number of aliphatic hydroxyl groups excluding tert-OH is 1. The maximum Gasteiger partial charge on any atom is 0.251 e. The van der Waals surface area contributed by atoms with Crippen LogP contribution in [-0.2, 0) is 0 Å². The van der Waals surface area contributed by atoms with Crippen LogP contribution in [0.2, 0.25) is 0 Å². The lowest BCUT2D eigenvalue weighted by Crippen LogP contribution is -2.25. The van der Waals surface area contributed by atoms with Gasteiger partial charge >= 0.3 is 0 Å². The highest BCUT2D eigenvalue weighted by Crippen LogP contribution is 2.04. The summed E-state index contributed by atoms with van der Waals surface area (Å²) >= 11 is 0. The van der Waals surface area contributed by atoms with Crippen LogP contribution < -0.4 is 5.32 Å². The van der Waals surface area contributed by atoms with Gasteiger partial charge in [-0.2, -0.15) is 0 Å². The van der Waals surface area contributed by atoms with E-state index >= 15 is 0 Å². The summed E-state index contributed by atoms with van der Waals surface area (Å²) < 4.78 is 0. The van der Waals surface area contributed by atoms with E-state index in [1.807, 2.05) is 26.2 Å². The third kappa shape index (κ3) is 7.50. The van der Waals surface area contributed by atoms with Gasteiger partial charge in [0.1, 0.15) is 0 Å². The van der Waals surface area contributed by atoms with E-state index in [-0.39, 0.29) is 12.5 Å². The van der Waals surface area contributed by atoms with Crippen molar-refractivity contribution in [3.05, 3.63) is 35.4 Å². The minimum absolute atomic E-state index is 0.0557. The Kier molecular flexibility index (Phi) is 8.18. The number of carbonyl (C=O) groups is 1. The Morgan fingerprint density at radius 1 is 1.33 bits per heavy atom. The molecule has 0 bridgehead atoms. The first kappa shape index (κ1) is 17.2. The Labute approximate surface area is 127 Å². The molecule has 2 N–H and O–H groups in total. The lowest BCUT2D eigenvalue weighted by Gasteiger charge is -2.09. The Balaban J connectivity index is 2.44. The summed E-state index contributed by atoms with van der Waals surface area (Å²) in [5.41, 5.74) is 1.42. The molecule has 0 fully saturated rings. The quantitative estimate of drug-likeness (QED) is 0.590. The molecule has 0 aliphatic carbocycles. The van der Waals surface area contributed by atoms with Crippen LogP contribution in [0.5, 0.6) is 0 Å². The zero-order chi connectivity index (χ0) is 15.5. The fourth-order valence-electron chi connectivity index (χ4n) is 1.82. The first-order chi connectivity index (χ1) is 10.1. The molecule has 1 amide bonds. The highest BCUT2D eigenvalue weighted by atomic mass is 16.2. The molecule has 0 aliphatic rings. The molecule has 1 rings (SSSR count). The molecule has 0 aromatic heterocycles. The van der Waals surface area contributed by atoms with E-state index in [0.29, 0.717) is 18.5 Å². The number of nitrogens with zero attached hydrogens (tertiary/aromatic N) is 1. The van der Waals surface area contributed by atoms with E-state index in [9.17, 15) is 4.79 Å². The van der Waals surface area contributed by atoms with Crippen LogP contribution >= 0.6 is 0 Å². The number of aliphatic hydroxyl groups is 1. The van der Waals surface area contributed by atoms with Crippen LogP contribution in [0.1, 0.15) is 35.2 Å². The van der Waals surface area contributed by atoms with Crippen molar-refractivity contribution >= 4 is 5.91 Å². The monoisotopic (exact) mass is 288 g/mol. The molecule has 0 atom stereocenters. The Hall–Kier alpha value is -1.83. The van der Waals surface area contributed by atoms with Crippen molar-refractivity contribution in [1.82, 2.24) is 10.2 Å². The molecule has 4 heteroatoms. The maximum atomic E-state index is 12.0. The van der Waals surface area contributed by atoms with Gasteiger partial charge in [-0.15, -0.1) is 0 Å². The molecule has 0 spiro atoms. The van der Waals surface area contributed by atoms with Crippen molar-refractivity contribution in [3.8, 4) is 11.8 Å². The summed E-state index contributed by atoms with van der Waals surface area (Å²) in [4.78, 5) is 14.1.